The molecule has 1 rings (SSSR count). The van der Waals surface area contributed by atoms with Gasteiger partial charge in [0.05, 0.1) is 25.1 Å². The molecule has 0 bridgehead atoms. The zero-order valence-electron chi connectivity index (χ0n) is 7.44. The van der Waals surface area contributed by atoms with E-state index in [1.165, 1.54) is 0 Å². The Morgan fingerprint density at radius 3 is 1.47 bits per heavy atom. The van der Waals surface area contributed by atoms with Gasteiger partial charge in [0.1, 0.15) is 0 Å². The summed E-state index contributed by atoms with van der Waals surface area (Å²) in [5.74, 6) is -0.442. The van der Waals surface area contributed by atoms with Crippen molar-refractivity contribution in [3.63, 3.8) is 0 Å². The van der Waals surface area contributed by atoms with Gasteiger partial charge >= 0.3 is 49.4 Å². The SMILES string of the molecule is O.O=[N+]([O-])Oc1c(Cl)c(Cl)c(Cl)c(Cl)c1Cl.[Eu+3]. The van der Waals surface area contributed by atoms with E-state index >= 15 is 0 Å². The second-order valence-electron chi connectivity index (χ2n) is 2.21. The Bertz CT molecular complexity index is 414. The van der Waals surface area contributed by atoms with Gasteiger partial charge < -0.3 is 5.48 Å². The van der Waals surface area contributed by atoms with E-state index in [0.717, 1.165) is 0 Å². The third kappa shape index (κ3) is 4.78. The summed E-state index contributed by atoms with van der Waals surface area (Å²) in [6, 6.07) is 0. The van der Waals surface area contributed by atoms with Crippen LogP contribution in [-0.2, 0) is 0 Å². The first kappa shape index (κ1) is 20.7. The second-order valence-corrected chi connectivity index (χ2v) is 4.10. The van der Waals surface area contributed by atoms with Crippen LogP contribution in [0.25, 0.3) is 0 Å². The molecule has 0 atom stereocenters. The predicted molar refractivity (Wildman–Crippen MR) is 62.7 cm³/mol. The summed E-state index contributed by atoms with van der Waals surface area (Å²) in [5, 5.41) is 8.08. The van der Waals surface area contributed by atoms with E-state index in [9.17, 15) is 10.1 Å². The van der Waals surface area contributed by atoms with Crippen LogP contribution < -0.4 is 4.84 Å². The van der Waals surface area contributed by atoms with Gasteiger partial charge in [0, 0.05) is 0 Å². The van der Waals surface area contributed by atoms with Crippen LogP contribution in [-0.4, -0.2) is 10.6 Å². The monoisotopic (exact) mass is 480 g/mol. The zero-order chi connectivity index (χ0) is 11.7. The van der Waals surface area contributed by atoms with Crippen molar-refractivity contribution in [1.82, 2.24) is 0 Å². The fourth-order valence-corrected chi connectivity index (χ4v) is 1.93. The van der Waals surface area contributed by atoms with E-state index in [2.05, 4.69) is 4.84 Å². The van der Waals surface area contributed by atoms with Crippen molar-refractivity contribution in [2.75, 3.05) is 0 Å². The first-order valence-electron chi connectivity index (χ1n) is 3.20. The third-order valence-electron chi connectivity index (χ3n) is 1.34. The molecular formula is C6H2Cl5EuNO4+3. The van der Waals surface area contributed by atoms with Crippen LogP contribution in [0.4, 0.5) is 0 Å². The van der Waals surface area contributed by atoms with Crippen LogP contribution in [0.3, 0.4) is 0 Å². The fraction of sp³-hybridized carbons (Fsp3) is 0. The Hall–Kier alpha value is 1.41. The Balaban J connectivity index is 0. The molecule has 1 aromatic carbocycles. The second kappa shape index (κ2) is 8.56. The maximum atomic E-state index is 10.1. The summed E-state index contributed by atoms with van der Waals surface area (Å²) in [5.41, 5.74) is 0. The van der Waals surface area contributed by atoms with Crippen LogP contribution >= 0.6 is 58.0 Å². The number of rotatable bonds is 2. The number of halogens is 5. The zero-order valence-corrected chi connectivity index (χ0v) is 13.6. The minimum Gasteiger partial charge on any atom is -0.412 e. The standard InChI is InChI=1S/C6Cl5NO3.Eu.H2O/c7-1-2(8)4(10)6(15-12(13)14)5(11)3(1)9;;/h;;1H2/q;+3;. The largest absolute Gasteiger partial charge is 3.00 e. The molecule has 17 heavy (non-hydrogen) atoms. The average molecular weight is 481 g/mol. The van der Waals surface area contributed by atoms with Gasteiger partial charge in [-0.3, -0.25) is 4.84 Å². The third-order valence-corrected chi connectivity index (χ3v) is 3.58. The molecule has 0 aliphatic rings. The van der Waals surface area contributed by atoms with Gasteiger partial charge in [-0.05, 0) is 0 Å². The number of benzene rings is 1. The number of nitrogens with zero attached hydrogens (tertiary/aromatic N) is 1. The molecular weight excluding hydrogens is 479 g/mol. The maximum absolute atomic E-state index is 10.1. The summed E-state index contributed by atoms with van der Waals surface area (Å²) in [6.45, 7) is 0. The van der Waals surface area contributed by atoms with Gasteiger partial charge in [-0.1, -0.05) is 58.0 Å². The van der Waals surface area contributed by atoms with Gasteiger partial charge in [-0.2, -0.15) is 0 Å². The summed E-state index contributed by atoms with van der Waals surface area (Å²) in [7, 11) is 0. The molecule has 0 fully saturated rings. The first-order valence-corrected chi connectivity index (χ1v) is 5.09. The molecule has 2 N–H and O–H groups in total. The van der Waals surface area contributed by atoms with Gasteiger partial charge in [0.25, 0.3) is 5.09 Å². The quantitative estimate of drug-likeness (QED) is 0.280. The van der Waals surface area contributed by atoms with Gasteiger partial charge in [-0.15, -0.1) is 10.1 Å². The summed E-state index contributed by atoms with van der Waals surface area (Å²) >= 11 is 28.2. The minimum atomic E-state index is -1.09. The molecule has 0 saturated heterocycles. The molecule has 11 heteroatoms. The Kier molecular flexibility index (Phi) is 10.4. The van der Waals surface area contributed by atoms with Crippen molar-refractivity contribution in [3.8, 4) is 5.75 Å². The first-order chi connectivity index (χ1) is 6.86. The van der Waals surface area contributed by atoms with Crippen LogP contribution in [0, 0.1) is 59.5 Å². The predicted octanol–water partition coefficient (Wildman–Crippen LogP) is 3.70. The van der Waals surface area contributed by atoms with Crippen LogP contribution in [0.2, 0.25) is 25.1 Å². The number of hydrogen-bond donors (Lipinski definition) is 0. The smallest absolute Gasteiger partial charge is 0.412 e. The van der Waals surface area contributed by atoms with E-state index in [-0.39, 0.29) is 80.0 Å². The van der Waals surface area contributed by atoms with Crippen molar-refractivity contribution in [2.24, 2.45) is 0 Å². The van der Waals surface area contributed by atoms with Gasteiger partial charge in [0.15, 0.2) is 5.75 Å². The van der Waals surface area contributed by atoms with E-state index in [1.807, 2.05) is 0 Å². The molecule has 0 amide bonds. The molecule has 1 aromatic rings. The van der Waals surface area contributed by atoms with Gasteiger partial charge in [-0.25, -0.2) is 0 Å². The normalized spacial score (nSPS) is 9.00. The van der Waals surface area contributed by atoms with Crippen molar-refractivity contribution in [1.29, 1.82) is 0 Å². The van der Waals surface area contributed by atoms with E-state index < -0.39 is 10.8 Å². The van der Waals surface area contributed by atoms with Crippen LogP contribution in [0.1, 0.15) is 0 Å². The van der Waals surface area contributed by atoms with Gasteiger partial charge in [0.2, 0.25) is 0 Å². The Morgan fingerprint density at radius 1 is 0.882 bits per heavy atom. The summed E-state index contributed by atoms with van der Waals surface area (Å²) in [4.78, 5) is 14.3. The topological polar surface area (TPSA) is 83.9 Å². The maximum Gasteiger partial charge on any atom is 3.00 e. The van der Waals surface area contributed by atoms with Crippen LogP contribution in [0.5, 0.6) is 5.75 Å². The minimum absolute atomic E-state index is 0. The molecule has 0 spiro atoms. The van der Waals surface area contributed by atoms with E-state index in [0.29, 0.717) is 0 Å². The molecule has 0 unspecified atom stereocenters. The molecule has 0 saturated carbocycles. The van der Waals surface area contributed by atoms with E-state index in [1.54, 1.807) is 0 Å². The number of hydrogen-bond acceptors (Lipinski definition) is 3. The molecule has 5 nitrogen and oxygen atoms in total. The van der Waals surface area contributed by atoms with Crippen molar-refractivity contribution in [3.05, 3.63) is 35.2 Å². The van der Waals surface area contributed by atoms with E-state index in [4.69, 9.17) is 58.0 Å². The average Bonchev–Trinajstić information content (AvgIpc) is 2.18. The Labute approximate surface area is 161 Å². The molecule has 0 aliphatic carbocycles. The fourth-order valence-electron chi connectivity index (χ4n) is 0.739. The van der Waals surface area contributed by atoms with Crippen molar-refractivity contribution < 1.29 is 64.8 Å². The molecule has 94 valence electrons. The summed E-state index contributed by atoms with van der Waals surface area (Å²) < 4.78 is 0. The van der Waals surface area contributed by atoms with Crippen molar-refractivity contribution in [2.45, 2.75) is 0 Å². The molecule has 0 heterocycles. The molecule has 0 aromatic heterocycles. The van der Waals surface area contributed by atoms with Crippen LogP contribution in [0.15, 0.2) is 0 Å². The van der Waals surface area contributed by atoms with Crippen molar-refractivity contribution >= 4 is 58.0 Å². The molecule has 0 aliphatic heterocycles. The molecule has 0 radical (unpaired) electrons. The summed E-state index contributed by atoms with van der Waals surface area (Å²) in [6.07, 6.45) is 0. The Morgan fingerprint density at radius 2 is 1.18 bits per heavy atom.